The molecule has 0 bridgehead atoms. The van der Waals surface area contributed by atoms with E-state index in [-0.39, 0.29) is 11.8 Å². The van der Waals surface area contributed by atoms with Gasteiger partial charge in [0, 0.05) is 40.8 Å². The fraction of sp³-hybridized carbons (Fsp3) is 0.286. The van der Waals surface area contributed by atoms with Crippen molar-refractivity contribution in [2.24, 2.45) is 0 Å². The van der Waals surface area contributed by atoms with Crippen LogP contribution in [0.1, 0.15) is 22.8 Å². The first-order valence-electron chi connectivity index (χ1n) is 8.56. The van der Waals surface area contributed by atoms with Crippen molar-refractivity contribution in [3.8, 4) is 11.5 Å². The van der Waals surface area contributed by atoms with Crippen LogP contribution >= 0.6 is 0 Å². The molecular weight excluding hydrogens is 328 g/mol. The zero-order chi connectivity index (χ0) is 18.7. The van der Waals surface area contributed by atoms with Gasteiger partial charge in [-0.1, -0.05) is 24.3 Å². The number of hydrogen-bond acceptors (Lipinski definition) is 4. The number of carbonyl (C=O) groups is 1. The summed E-state index contributed by atoms with van der Waals surface area (Å²) in [5, 5.41) is 0.958. The maximum absolute atomic E-state index is 13.0. The van der Waals surface area contributed by atoms with Gasteiger partial charge in [-0.05, 0) is 26.1 Å². The second-order valence-corrected chi connectivity index (χ2v) is 6.38. The predicted molar refractivity (Wildman–Crippen MR) is 103 cm³/mol. The molecule has 0 saturated carbocycles. The highest BCUT2D eigenvalue weighted by Gasteiger charge is 2.23. The summed E-state index contributed by atoms with van der Waals surface area (Å²) in [6.45, 7) is 2.53. The molecule has 5 nitrogen and oxygen atoms in total. The minimum absolute atomic E-state index is 0.0948. The van der Waals surface area contributed by atoms with Crippen molar-refractivity contribution in [3.63, 3.8) is 0 Å². The van der Waals surface area contributed by atoms with Crippen molar-refractivity contribution < 1.29 is 14.3 Å². The van der Waals surface area contributed by atoms with Gasteiger partial charge in [0.15, 0.2) is 5.78 Å². The van der Waals surface area contributed by atoms with Crippen LogP contribution in [0.5, 0.6) is 11.5 Å². The van der Waals surface area contributed by atoms with Crippen molar-refractivity contribution in [1.82, 2.24) is 9.88 Å². The van der Waals surface area contributed by atoms with E-state index in [9.17, 15) is 4.79 Å². The Morgan fingerprint density at radius 3 is 2.65 bits per heavy atom. The highest BCUT2D eigenvalue weighted by Crippen LogP contribution is 2.27. The molecule has 0 saturated heterocycles. The van der Waals surface area contributed by atoms with Crippen LogP contribution in [0.4, 0.5) is 0 Å². The Balaban J connectivity index is 1.79. The van der Waals surface area contributed by atoms with Gasteiger partial charge in [0.1, 0.15) is 11.5 Å². The first kappa shape index (κ1) is 18.0. The zero-order valence-electron chi connectivity index (χ0n) is 15.6. The summed E-state index contributed by atoms with van der Waals surface area (Å²) in [6, 6.07) is 13.3. The van der Waals surface area contributed by atoms with Gasteiger partial charge in [0.05, 0.1) is 20.3 Å². The smallest absolute Gasteiger partial charge is 0.181 e. The molecule has 0 aliphatic heterocycles. The molecule has 1 heterocycles. The van der Waals surface area contributed by atoms with Gasteiger partial charge in [-0.25, -0.2) is 0 Å². The van der Waals surface area contributed by atoms with E-state index < -0.39 is 0 Å². The van der Waals surface area contributed by atoms with Crippen LogP contribution in [0.3, 0.4) is 0 Å². The number of fused-ring (bicyclic) bond motifs is 1. The maximum atomic E-state index is 13.0. The summed E-state index contributed by atoms with van der Waals surface area (Å²) in [4.78, 5) is 18.2. The van der Waals surface area contributed by atoms with Gasteiger partial charge in [-0.3, -0.25) is 9.69 Å². The third-order valence-corrected chi connectivity index (χ3v) is 4.81. The van der Waals surface area contributed by atoms with Crippen LogP contribution in [0, 0.1) is 0 Å². The van der Waals surface area contributed by atoms with E-state index in [0.717, 1.165) is 33.5 Å². The number of aromatic amines is 1. The summed E-state index contributed by atoms with van der Waals surface area (Å²) in [5.74, 6) is 1.59. The average molecular weight is 352 g/mol. The van der Waals surface area contributed by atoms with E-state index in [1.54, 1.807) is 20.4 Å². The number of likely N-dealkylation sites (N-methyl/N-ethyl adjacent to an activating group) is 1. The number of Topliss-reactive ketones (excluding diaryl/α,β-unsaturated/α-hetero) is 1. The van der Waals surface area contributed by atoms with Crippen LogP contribution in [-0.2, 0) is 6.54 Å². The molecule has 3 aromatic rings. The van der Waals surface area contributed by atoms with E-state index in [0.29, 0.717) is 6.54 Å². The number of H-pyrrole nitrogens is 1. The Bertz CT molecular complexity index is 917. The van der Waals surface area contributed by atoms with Crippen LogP contribution < -0.4 is 9.47 Å². The fourth-order valence-corrected chi connectivity index (χ4v) is 3.09. The number of benzene rings is 2. The number of ether oxygens (including phenoxy) is 2. The number of aromatic nitrogens is 1. The third-order valence-electron chi connectivity index (χ3n) is 4.81. The van der Waals surface area contributed by atoms with Crippen LogP contribution in [0.2, 0.25) is 0 Å². The molecule has 0 radical (unpaired) electrons. The number of hydrogen-bond donors (Lipinski definition) is 1. The molecule has 26 heavy (non-hydrogen) atoms. The fourth-order valence-electron chi connectivity index (χ4n) is 3.09. The summed E-state index contributed by atoms with van der Waals surface area (Å²) in [5.41, 5.74) is 2.71. The SMILES string of the molecule is COc1ccc(CN(C)[C@H](C)C(=O)c2c[nH]c3ccccc23)c(OC)c1. The van der Waals surface area contributed by atoms with Gasteiger partial charge < -0.3 is 14.5 Å². The minimum Gasteiger partial charge on any atom is -0.497 e. The molecule has 1 N–H and O–H groups in total. The largest absolute Gasteiger partial charge is 0.497 e. The lowest BCUT2D eigenvalue weighted by atomic mass is 10.0. The summed E-state index contributed by atoms with van der Waals surface area (Å²) in [7, 11) is 5.21. The molecule has 5 heteroatoms. The Hall–Kier alpha value is -2.79. The Morgan fingerprint density at radius 2 is 1.92 bits per heavy atom. The number of methoxy groups -OCH3 is 2. The van der Waals surface area contributed by atoms with Gasteiger partial charge in [-0.15, -0.1) is 0 Å². The van der Waals surface area contributed by atoms with Crippen molar-refractivity contribution >= 4 is 16.7 Å². The Morgan fingerprint density at radius 1 is 1.15 bits per heavy atom. The second-order valence-electron chi connectivity index (χ2n) is 6.38. The van der Waals surface area contributed by atoms with Gasteiger partial charge in [0.25, 0.3) is 0 Å². The summed E-state index contributed by atoms with van der Waals surface area (Å²) >= 11 is 0. The minimum atomic E-state index is -0.263. The lowest BCUT2D eigenvalue weighted by Gasteiger charge is -2.24. The van der Waals surface area contributed by atoms with E-state index in [1.807, 2.05) is 61.3 Å². The highest BCUT2D eigenvalue weighted by atomic mass is 16.5. The average Bonchev–Trinajstić information content (AvgIpc) is 3.11. The number of nitrogens with zero attached hydrogens (tertiary/aromatic N) is 1. The standard InChI is InChI=1S/C21H24N2O3/c1-14(21(24)18-12-22-19-8-6-5-7-17(18)19)23(2)13-15-9-10-16(25-3)11-20(15)26-4/h5-12,14,22H,13H2,1-4H3/t14-/m1/s1. The molecular formula is C21H24N2O3. The molecule has 0 aliphatic rings. The Kier molecular flexibility index (Phi) is 5.28. The molecule has 0 amide bonds. The molecule has 1 aromatic heterocycles. The van der Waals surface area contributed by atoms with Crippen LogP contribution in [0.15, 0.2) is 48.7 Å². The van der Waals surface area contributed by atoms with Crippen LogP contribution in [-0.4, -0.2) is 43.0 Å². The van der Waals surface area contributed by atoms with Crippen molar-refractivity contribution in [1.29, 1.82) is 0 Å². The van der Waals surface area contributed by atoms with E-state index >= 15 is 0 Å². The topological polar surface area (TPSA) is 54.6 Å². The van der Waals surface area contributed by atoms with Gasteiger partial charge >= 0.3 is 0 Å². The van der Waals surface area contributed by atoms with Crippen molar-refractivity contribution in [3.05, 3.63) is 59.8 Å². The summed E-state index contributed by atoms with van der Waals surface area (Å²) < 4.78 is 10.7. The Labute approximate surface area is 153 Å². The first-order chi connectivity index (χ1) is 12.5. The highest BCUT2D eigenvalue weighted by molar-refractivity contribution is 6.10. The molecule has 0 unspecified atom stereocenters. The third kappa shape index (κ3) is 3.44. The number of ketones is 1. The van der Waals surface area contributed by atoms with E-state index in [1.165, 1.54) is 0 Å². The molecule has 2 aromatic carbocycles. The van der Waals surface area contributed by atoms with Crippen molar-refractivity contribution in [2.75, 3.05) is 21.3 Å². The van der Waals surface area contributed by atoms with E-state index in [2.05, 4.69) is 4.98 Å². The molecule has 0 spiro atoms. The molecule has 136 valence electrons. The van der Waals surface area contributed by atoms with Crippen LogP contribution in [0.25, 0.3) is 10.9 Å². The van der Waals surface area contributed by atoms with Crippen molar-refractivity contribution in [2.45, 2.75) is 19.5 Å². The quantitative estimate of drug-likeness (QED) is 0.656. The number of para-hydroxylation sites is 1. The number of carbonyl (C=O) groups excluding carboxylic acids is 1. The predicted octanol–water partition coefficient (Wildman–Crippen LogP) is 3.89. The van der Waals surface area contributed by atoms with Gasteiger partial charge in [-0.2, -0.15) is 0 Å². The normalized spacial score (nSPS) is 12.3. The monoisotopic (exact) mass is 352 g/mol. The molecule has 3 rings (SSSR count). The first-order valence-corrected chi connectivity index (χ1v) is 8.56. The molecule has 0 fully saturated rings. The zero-order valence-corrected chi connectivity index (χ0v) is 15.6. The lowest BCUT2D eigenvalue weighted by Crippen LogP contribution is -2.35. The lowest BCUT2D eigenvalue weighted by molar-refractivity contribution is 0.0863. The van der Waals surface area contributed by atoms with E-state index in [4.69, 9.17) is 9.47 Å². The molecule has 1 atom stereocenters. The van der Waals surface area contributed by atoms with Gasteiger partial charge in [0.2, 0.25) is 0 Å². The maximum Gasteiger partial charge on any atom is 0.181 e. The second kappa shape index (κ2) is 7.62. The number of rotatable bonds is 7. The molecule has 0 aliphatic carbocycles. The number of nitrogens with one attached hydrogen (secondary N) is 1. The summed E-state index contributed by atoms with van der Waals surface area (Å²) in [6.07, 6.45) is 1.80.